The van der Waals surface area contributed by atoms with Gasteiger partial charge in [0.1, 0.15) is 0 Å². The molecule has 3 aromatic rings. The maximum absolute atomic E-state index is 12.7. The summed E-state index contributed by atoms with van der Waals surface area (Å²) < 4.78 is 0.999. The Morgan fingerprint density at radius 2 is 1.42 bits per heavy atom. The van der Waals surface area contributed by atoms with Gasteiger partial charge < -0.3 is 5.32 Å². The van der Waals surface area contributed by atoms with Crippen LogP contribution in [-0.2, 0) is 0 Å². The molecule has 2 nitrogen and oxygen atoms in total. The van der Waals surface area contributed by atoms with E-state index < -0.39 is 0 Å². The van der Waals surface area contributed by atoms with Gasteiger partial charge in [-0.05, 0) is 23.8 Å². The molecule has 0 aliphatic rings. The lowest BCUT2D eigenvalue weighted by atomic mass is 9.97. The molecule has 0 aliphatic carbocycles. The minimum absolute atomic E-state index is 0.101. The molecule has 1 N–H and O–H groups in total. The molecule has 0 aromatic heterocycles. The number of hydrogen-bond acceptors (Lipinski definition) is 2. The first-order valence-electron chi connectivity index (χ1n) is 7.88. The van der Waals surface area contributed by atoms with Crippen LogP contribution in [0.2, 0.25) is 0 Å². The van der Waals surface area contributed by atoms with Crippen LogP contribution in [0.15, 0.2) is 89.4 Å². The van der Waals surface area contributed by atoms with Crippen LogP contribution in [0.4, 0.5) is 5.69 Å². The summed E-state index contributed by atoms with van der Waals surface area (Å²) in [6.07, 6.45) is 0.390. The van der Waals surface area contributed by atoms with E-state index in [0.717, 1.165) is 21.3 Å². The van der Waals surface area contributed by atoms with Gasteiger partial charge in [-0.3, -0.25) is 4.79 Å². The zero-order chi connectivity index (χ0) is 16.8. The summed E-state index contributed by atoms with van der Waals surface area (Å²) in [4.78, 5) is 12.7. The Morgan fingerprint density at radius 3 is 2.08 bits per heavy atom. The van der Waals surface area contributed by atoms with E-state index in [1.807, 2.05) is 84.9 Å². The van der Waals surface area contributed by atoms with Crippen molar-refractivity contribution in [3.05, 3.63) is 101 Å². The Morgan fingerprint density at radius 1 is 0.833 bits per heavy atom. The predicted octanol–water partition coefficient (Wildman–Crippen LogP) is 5.88. The second kappa shape index (κ2) is 7.93. The third-order valence-corrected chi connectivity index (χ3v) is 4.60. The molecule has 3 aromatic carbocycles. The quantitative estimate of drug-likeness (QED) is 0.542. The topological polar surface area (TPSA) is 29.1 Å². The number of carbonyl (C=O) groups is 1. The van der Waals surface area contributed by atoms with E-state index in [4.69, 9.17) is 0 Å². The first-order chi connectivity index (χ1) is 11.7. The average Bonchev–Trinajstić information content (AvgIpc) is 2.63. The van der Waals surface area contributed by atoms with Gasteiger partial charge in [0.25, 0.3) is 0 Å². The van der Waals surface area contributed by atoms with Crippen LogP contribution in [0.25, 0.3) is 0 Å². The lowest BCUT2D eigenvalue weighted by molar-refractivity contribution is 0.0976. The van der Waals surface area contributed by atoms with E-state index >= 15 is 0 Å². The third-order valence-electron chi connectivity index (χ3n) is 3.88. The average molecular weight is 380 g/mol. The maximum Gasteiger partial charge on any atom is 0.165 e. The van der Waals surface area contributed by atoms with Crippen molar-refractivity contribution in [3.8, 4) is 0 Å². The van der Waals surface area contributed by atoms with Crippen molar-refractivity contribution in [1.82, 2.24) is 0 Å². The molecule has 0 heterocycles. The summed E-state index contributed by atoms with van der Waals surface area (Å²) in [6, 6.07) is 27.3. The fraction of sp³-hybridized carbons (Fsp3) is 0.0952. The highest BCUT2D eigenvalue weighted by Crippen LogP contribution is 2.29. The molecule has 3 heteroatoms. The molecular formula is C21H18BrNO. The van der Waals surface area contributed by atoms with E-state index in [0.29, 0.717) is 6.42 Å². The zero-order valence-electron chi connectivity index (χ0n) is 13.2. The second-order valence-electron chi connectivity index (χ2n) is 5.58. The molecule has 0 aliphatic heterocycles. The largest absolute Gasteiger partial charge is 0.378 e. The van der Waals surface area contributed by atoms with Crippen LogP contribution in [0.5, 0.6) is 0 Å². The van der Waals surface area contributed by atoms with Gasteiger partial charge in [0.05, 0.1) is 6.04 Å². The summed E-state index contributed by atoms with van der Waals surface area (Å²) in [6.45, 7) is 0. The van der Waals surface area contributed by atoms with Gasteiger partial charge in [0.15, 0.2) is 5.78 Å². The van der Waals surface area contributed by atoms with Gasteiger partial charge in [0, 0.05) is 22.1 Å². The van der Waals surface area contributed by atoms with Gasteiger partial charge in [0.2, 0.25) is 0 Å². The molecule has 0 fully saturated rings. The molecular weight excluding hydrogens is 362 g/mol. The summed E-state index contributed by atoms with van der Waals surface area (Å²) in [5.74, 6) is 0.125. The number of Topliss-reactive ketones (excluding diaryl/α,β-unsaturated/α-hetero) is 1. The van der Waals surface area contributed by atoms with E-state index in [-0.39, 0.29) is 11.8 Å². The lowest BCUT2D eigenvalue weighted by Crippen LogP contribution is -2.16. The molecule has 0 bridgehead atoms. The van der Waals surface area contributed by atoms with E-state index in [1.165, 1.54) is 0 Å². The van der Waals surface area contributed by atoms with Crippen molar-refractivity contribution in [3.63, 3.8) is 0 Å². The van der Waals surface area contributed by atoms with Crippen LogP contribution in [0.3, 0.4) is 0 Å². The SMILES string of the molecule is O=C(CC(Nc1ccccc1)c1ccccc1Br)c1ccccc1. The second-order valence-corrected chi connectivity index (χ2v) is 6.43. The highest BCUT2D eigenvalue weighted by Gasteiger charge is 2.19. The van der Waals surface area contributed by atoms with E-state index in [1.54, 1.807) is 0 Å². The van der Waals surface area contributed by atoms with Gasteiger partial charge in [-0.2, -0.15) is 0 Å². The Balaban J connectivity index is 1.87. The molecule has 0 amide bonds. The first-order valence-corrected chi connectivity index (χ1v) is 8.67. The van der Waals surface area contributed by atoms with Gasteiger partial charge in [-0.25, -0.2) is 0 Å². The molecule has 0 saturated carbocycles. The Labute approximate surface area is 150 Å². The summed E-state index contributed by atoms with van der Waals surface area (Å²) in [5, 5.41) is 3.49. The van der Waals surface area contributed by atoms with Gasteiger partial charge in [-0.1, -0.05) is 82.7 Å². The fourth-order valence-electron chi connectivity index (χ4n) is 2.66. The molecule has 0 spiro atoms. The number of anilines is 1. The zero-order valence-corrected chi connectivity index (χ0v) is 14.7. The Kier molecular flexibility index (Phi) is 5.44. The minimum Gasteiger partial charge on any atom is -0.378 e. The smallest absolute Gasteiger partial charge is 0.165 e. The highest BCUT2D eigenvalue weighted by molar-refractivity contribution is 9.10. The predicted molar refractivity (Wildman–Crippen MR) is 102 cm³/mol. The molecule has 3 rings (SSSR count). The third kappa shape index (κ3) is 4.12. The van der Waals surface area contributed by atoms with Crippen molar-refractivity contribution >= 4 is 27.4 Å². The van der Waals surface area contributed by atoms with Crippen LogP contribution in [0, 0.1) is 0 Å². The molecule has 1 unspecified atom stereocenters. The molecule has 120 valence electrons. The maximum atomic E-state index is 12.7. The number of benzene rings is 3. The Bertz CT molecular complexity index is 802. The van der Waals surface area contributed by atoms with Gasteiger partial charge >= 0.3 is 0 Å². The van der Waals surface area contributed by atoms with Crippen LogP contribution < -0.4 is 5.32 Å². The number of hydrogen-bond donors (Lipinski definition) is 1. The number of nitrogens with one attached hydrogen (secondary N) is 1. The van der Waals surface area contributed by atoms with Crippen molar-refractivity contribution < 1.29 is 4.79 Å². The lowest BCUT2D eigenvalue weighted by Gasteiger charge is -2.21. The molecule has 0 saturated heterocycles. The fourth-order valence-corrected chi connectivity index (χ4v) is 3.22. The van der Waals surface area contributed by atoms with Crippen molar-refractivity contribution in [2.45, 2.75) is 12.5 Å². The van der Waals surface area contributed by atoms with Gasteiger partial charge in [-0.15, -0.1) is 0 Å². The summed E-state index contributed by atoms with van der Waals surface area (Å²) in [7, 11) is 0. The van der Waals surface area contributed by atoms with Crippen LogP contribution >= 0.6 is 15.9 Å². The molecule has 0 radical (unpaired) electrons. The van der Waals surface area contributed by atoms with E-state index in [9.17, 15) is 4.79 Å². The number of para-hydroxylation sites is 1. The minimum atomic E-state index is -0.101. The number of rotatable bonds is 6. The standard InChI is InChI=1S/C21H18BrNO/c22-19-14-8-7-13-18(19)20(23-17-11-5-2-6-12-17)15-21(24)16-9-3-1-4-10-16/h1-14,20,23H,15H2. The normalized spacial score (nSPS) is 11.7. The van der Waals surface area contributed by atoms with Crippen molar-refractivity contribution in [2.75, 3.05) is 5.32 Å². The highest BCUT2D eigenvalue weighted by atomic mass is 79.9. The number of ketones is 1. The van der Waals surface area contributed by atoms with Crippen molar-refractivity contribution in [2.24, 2.45) is 0 Å². The summed E-state index contributed by atoms with van der Waals surface area (Å²) >= 11 is 3.61. The molecule has 24 heavy (non-hydrogen) atoms. The van der Waals surface area contributed by atoms with Crippen LogP contribution in [-0.4, -0.2) is 5.78 Å². The summed E-state index contributed by atoms with van der Waals surface area (Å²) in [5.41, 5.74) is 2.81. The van der Waals surface area contributed by atoms with Crippen molar-refractivity contribution in [1.29, 1.82) is 0 Å². The molecule has 1 atom stereocenters. The Hall–Kier alpha value is -2.39. The van der Waals surface area contributed by atoms with E-state index in [2.05, 4.69) is 21.2 Å². The van der Waals surface area contributed by atoms with Crippen LogP contribution in [0.1, 0.15) is 28.4 Å². The number of carbonyl (C=O) groups excluding carboxylic acids is 1. The first kappa shape index (κ1) is 16.5. The monoisotopic (exact) mass is 379 g/mol. The number of halogens is 1.